The van der Waals surface area contributed by atoms with Crippen molar-refractivity contribution in [1.29, 1.82) is 0 Å². The van der Waals surface area contributed by atoms with E-state index in [1.807, 2.05) is 24.3 Å². The Morgan fingerprint density at radius 1 is 1.27 bits per heavy atom. The van der Waals surface area contributed by atoms with Crippen LogP contribution in [0.5, 0.6) is 0 Å². The molecule has 1 rings (SSSR count). The lowest BCUT2D eigenvalue weighted by Gasteiger charge is -2.09. The molecular formula is C12H15ClO2. The molecule has 3 heteroatoms. The molecule has 0 saturated heterocycles. The van der Waals surface area contributed by atoms with Crippen molar-refractivity contribution in [2.45, 2.75) is 31.6 Å². The van der Waals surface area contributed by atoms with Crippen LogP contribution in [0.25, 0.3) is 0 Å². The van der Waals surface area contributed by atoms with Gasteiger partial charge in [0.25, 0.3) is 0 Å². The molecule has 82 valence electrons. The predicted molar refractivity (Wildman–Crippen MR) is 61.4 cm³/mol. The summed E-state index contributed by atoms with van der Waals surface area (Å²) in [5.74, 6) is -0.393. The van der Waals surface area contributed by atoms with E-state index in [1.165, 1.54) is 5.56 Å². The quantitative estimate of drug-likeness (QED) is 0.797. The van der Waals surface area contributed by atoms with Gasteiger partial charge in [0.1, 0.15) is 0 Å². The van der Waals surface area contributed by atoms with Crippen LogP contribution in [0.1, 0.15) is 42.7 Å². The summed E-state index contributed by atoms with van der Waals surface area (Å²) in [5, 5.41) is 8.16. The summed E-state index contributed by atoms with van der Waals surface area (Å²) in [6.07, 6.45) is -0.0391. The van der Waals surface area contributed by atoms with Crippen molar-refractivity contribution in [3.05, 3.63) is 35.4 Å². The van der Waals surface area contributed by atoms with E-state index in [0.717, 1.165) is 5.56 Å². The monoisotopic (exact) mass is 226 g/mol. The van der Waals surface area contributed by atoms with Gasteiger partial charge in [0, 0.05) is 0 Å². The first-order chi connectivity index (χ1) is 7.00. The van der Waals surface area contributed by atoms with E-state index in [1.54, 1.807) is 0 Å². The fourth-order valence-electron chi connectivity index (χ4n) is 1.36. The van der Waals surface area contributed by atoms with Crippen molar-refractivity contribution in [1.82, 2.24) is 0 Å². The summed E-state index contributed by atoms with van der Waals surface area (Å²) < 4.78 is 0. The first-order valence-corrected chi connectivity index (χ1v) is 5.40. The first kappa shape index (κ1) is 12.1. The molecular weight excluding hydrogens is 212 g/mol. The fraction of sp³-hybridized carbons (Fsp3) is 0.417. The van der Waals surface area contributed by atoms with E-state index in [2.05, 4.69) is 13.8 Å². The Balaban J connectivity index is 2.75. The molecule has 0 saturated carbocycles. The highest BCUT2D eigenvalue weighted by molar-refractivity contribution is 6.21. The fourth-order valence-corrected chi connectivity index (χ4v) is 1.64. The maximum atomic E-state index is 10.5. The van der Waals surface area contributed by atoms with E-state index in [-0.39, 0.29) is 6.42 Å². The highest BCUT2D eigenvalue weighted by Crippen LogP contribution is 2.25. The molecule has 0 spiro atoms. The summed E-state index contributed by atoms with van der Waals surface area (Å²) in [4.78, 5) is 10.5. The van der Waals surface area contributed by atoms with Crippen LogP contribution in [0.4, 0.5) is 0 Å². The van der Waals surface area contributed by atoms with Gasteiger partial charge in [0.2, 0.25) is 0 Å². The minimum atomic E-state index is -0.872. The van der Waals surface area contributed by atoms with Gasteiger partial charge >= 0.3 is 5.97 Å². The number of carbonyl (C=O) groups is 1. The van der Waals surface area contributed by atoms with Crippen LogP contribution in [-0.2, 0) is 4.79 Å². The molecule has 2 nitrogen and oxygen atoms in total. The first-order valence-electron chi connectivity index (χ1n) is 4.96. The summed E-state index contributed by atoms with van der Waals surface area (Å²) in [6, 6.07) is 7.79. The van der Waals surface area contributed by atoms with Crippen LogP contribution in [0.3, 0.4) is 0 Å². The zero-order valence-electron chi connectivity index (χ0n) is 8.90. The van der Waals surface area contributed by atoms with Gasteiger partial charge in [-0.25, -0.2) is 0 Å². The van der Waals surface area contributed by atoms with Crippen LogP contribution in [0.15, 0.2) is 24.3 Å². The standard InChI is InChI=1S/C12H15ClO2/c1-8(2)9-3-5-10(6-4-9)11(13)7-12(14)15/h3-6,8,11H,7H2,1-2H3,(H,14,15). The largest absolute Gasteiger partial charge is 0.481 e. The Kier molecular flexibility index (Phi) is 4.15. The Morgan fingerprint density at radius 2 is 1.73 bits per heavy atom. The summed E-state index contributed by atoms with van der Waals surface area (Å²) >= 11 is 5.95. The molecule has 1 atom stereocenters. The Morgan fingerprint density at radius 3 is 2.13 bits per heavy atom. The molecule has 0 radical (unpaired) electrons. The van der Waals surface area contributed by atoms with Gasteiger partial charge in [-0.15, -0.1) is 11.6 Å². The number of rotatable bonds is 4. The third-order valence-electron chi connectivity index (χ3n) is 2.32. The second-order valence-corrected chi connectivity index (χ2v) is 4.41. The zero-order chi connectivity index (χ0) is 11.4. The van der Waals surface area contributed by atoms with Crippen LogP contribution in [-0.4, -0.2) is 11.1 Å². The number of benzene rings is 1. The Labute approximate surface area is 94.9 Å². The predicted octanol–water partition coefficient (Wildman–Crippen LogP) is 3.56. The van der Waals surface area contributed by atoms with Gasteiger partial charge in [0.15, 0.2) is 0 Å². The van der Waals surface area contributed by atoms with Crippen LogP contribution >= 0.6 is 11.6 Å². The topological polar surface area (TPSA) is 37.3 Å². The van der Waals surface area contributed by atoms with Gasteiger partial charge < -0.3 is 5.11 Å². The summed E-state index contributed by atoms with van der Waals surface area (Å²) in [7, 11) is 0. The van der Waals surface area contributed by atoms with Crippen molar-refractivity contribution in [2.24, 2.45) is 0 Å². The average Bonchev–Trinajstić information content (AvgIpc) is 2.17. The van der Waals surface area contributed by atoms with E-state index >= 15 is 0 Å². The molecule has 0 heterocycles. The molecule has 0 fully saturated rings. The van der Waals surface area contributed by atoms with Gasteiger partial charge in [-0.1, -0.05) is 38.1 Å². The molecule has 0 bridgehead atoms. The number of halogens is 1. The molecule has 1 N–H and O–H groups in total. The van der Waals surface area contributed by atoms with Crippen molar-refractivity contribution in [2.75, 3.05) is 0 Å². The molecule has 0 aliphatic heterocycles. The van der Waals surface area contributed by atoms with Gasteiger partial charge in [-0.3, -0.25) is 4.79 Å². The maximum Gasteiger partial charge on any atom is 0.305 e. The number of hydrogen-bond acceptors (Lipinski definition) is 1. The molecule has 1 unspecified atom stereocenters. The highest BCUT2D eigenvalue weighted by atomic mass is 35.5. The van der Waals surface area contributed by atoms with E-state index in [9.17, 15) is 4.79 Å². The third-order valence-corrected chi connectivity index (χ3v) is 2.72. The number of alkyl halides is 1. The van der Waals surface area contributed by atoms with Crippen LogP contribution in [0, 0.1) is 0 Å². The lowest BCUT2D eigenvalue weighted by Crippen LogP contribution is -2.01. The minimum absolute atomic E-state index is 0.0391. The summed E-state index contributed by atoms with van der Waals surface area (Å²) in [6.45, 7) is 4.23. The highest BCUT2D eigenvalue weighted by Gasteiger charge is 2.12. The molecule has 1 aromatic carbocycles. The van der Waals surface area contributed by atoms with E-state index in [4.69, 9.17) is 16.7 Å². The maximum absolute atomic E-state index is 10.5. The average molecular weight is 227 g/mol. The molecule has 0 aliphatic rings. The lowest BCUT2D eigenvalue weighted by molar-refractivity contribution is -0.137. The number of aliphatic carboxylic acids is 1. The van der Waals surface area contributed by atoms with E-state index < -0.39 is 11.3 Å². The van der Waals surface area contributed by atoms with Crippen molar-refractivity contribution < 1.29 is 9.90 Å². The SMILES string of the molecule is CC(C)c1ccc(C(Cl)CC(=O)O)cc1. The third kappa shape index (κ3) is 3.56. The van der Waals surface area contributed by atoms with Crippen molar-refractivity contribution >= 4 is 17.6 Å². The van der Waals surface area contributed by atoms with E-state index in [0.29, 0.717) is 5.92 Å². The van der Waals surface area contributed by atoms with Gasteiger partial charge in [-0.2, -0.15) is 0 Å². The lowest BCUT2D eigenvalue weighted by atomic mass is 10.0. The van der Waals surface area contributed by atoms with Crippen molar-refractivity contribution in [3.63, 3.8) is 0 Å². The Bertz CT molecular complexity index is 330. The molecule has 15 heavy (non-hydrogen) atoms. The second-order valence-electron chi connectivity index (χ2n) is 3.89. The smallest absolute Gasteiger partial charge is 0.305 e. The molecule has 0 aromatic heterocycles. The van der Waals surface area contributed by atoms with Gasteiger partial charge in [-0.05, 0) is 17.0 Å². The normalized spacial score (nSPS) is 12.8. The zero-order valence-corrected chi connectivity index (χ0v) is 9.66. The Hall–Kier alpha value is -1.02. The number of hydrogen-bond donors (Lipinski definition) is 1. The number of carboxylic acids is 1. The van der Waals surface area contributed by atoms with Crippen molar-refractivity contribution in [3.8, 4) is 0 Å². The molecule has 1 aromatic rings. The van der Waals surface area contributed by atoms with Crippen LogP contribution < -0.4 is 0 Å². The molecule has 0 aliphatic carbocycles. The summed E-state index contributed by atoms with van der Waals surface area (Å²) in [5.41, 5.74) is 2.10. The van der Waals surface area contributed by atoms with Gasteiger partial charge in [0.05, 0.1) is 11.8 Å². The second kappa shape index (κ2) is 5.17. The minimum Gasteiger partial charge on any atom is -0.481 e. The van der Waals surface area contributed by atoms with Crippen LogP contribution in [0.2, 0.25) is 0 Å². The molecule has 0 amide bonds. The number of carboxylic acid groups (broad SMARTS) is 1.